The number of azide groups is 1. The van der Waals surface area contributed by atoms with E-state index in [2.05, 4.69) is 10.0 Å². The van der Waals surface area contributed by atoms with Gasteiger partial charge in [-0.05, 0) is 23.2 Å². The summed E-state index contributed by atoms with van der Waals surface area (Å²) in [5, 5.41) is 12.9. The Morgan fingerprint density at radius 1 is 1.18 bits per heavy atom. The first-order chi connectivity index (χ1) is 10.8. The molecule has 0 spiro atoms. The molecule has 108 valence electrons. The lowest BCUT2D eigenvalue weighted by atomic mass is 10.0. The standard InChI is InChI=1S/C16H13N5O/c17-12-21(16(22)14-9-5-2-6-10-14)15(11-19-20-18)13-7-3-1-4-8-13/h1-10,15H,11H2/t15-/m0/s1. The van der Waals surface area contributed by atoms with Crippen LogP contribution in [0.2, 0.25) is 0 Å². The highest BCUT2D eigenvalue weighted by Gasteiger charge is 2.25. The van der Waals surface area contributed by atoms with E-state index in [0.717, 1.165) is 10.5 Å². The third kappa shape index (κ3) is 3.42. The molecule has 6 heteroatoms. The van der Waals surface area contributed by atoms with Crippen LogP contribution in [0.5, 0.6) is 0 Å². The molecule has 2 aromatic rings. The maximum Gasteiger partial charge on any atom is 0.267 e. The molecular weight excluding hydrogens is 278 g/mol. The summed E-state index contributed by atoms with van der Waals surface area (Å²) < 4.78 is 0. The lowest BCUT2D eigenvalue weighted by Crippen LogP contribution is -2.32. The van der Waals surface area contributed by atoms with E-state index < -0.39 is 11.9 Å². The molecule has 0 unspecified atom stereocenters. The van der Waals surface area contributed by atoms with E-state index in [-0.39, 0.29) is 6.54 Å². The molecular formula is C16H13N5O. The third-order valence-electron chi connectivity index (χ3n) is 3.16. The average molecular weight is 291 g/mol. The van der Waals surface area contributed by atoms with Gasteiger partial charge in [0.1, 0.15) is 0 Å². The summed E-state index contributed by atoms with van der Waals surface area (Å²) in [6, 6.07) is 16.9. The minimum absolute atomic E-state index is 0.00729. The predicted octanol–water partition coefficient (Wildman–Crippen LogP) is 3.66. The topological polar surface area (TPSA) is 92.9 Å². The second kappa shape index (κ2) is 7.48. The molecule has 1 atom stereocenters. The molecule has 6 nitrogen and oxygen atoms in total. The number of nitriles is 1. The van der Waals surface area contributed by atoms with Crippen molar-refractivity contribution in [2.75, 3.05) is 6.54 Å². The first-order valence-corrected chi connectivity index (χ1v) is 6.62. The van der Waals surface area contributed by atoms with Crippen molar-refractivity contribution in [2.45, 2.75) is 6.04 Å². The third-order valence-corrected chi connectivity index (χ3v) is 3.16. The lowest BCUT2D eigenvalue weighted by molar-refractivity contribution is 0.0785. The van der Waals surface area contributed by atoms with Crippen LogP contribution >= 0.6 is 0 Å². The molecule has 22 heavy (non-hydrogen) atoms. The zero-order valence-electron chi connectivity index (χ0n) is 11.7. The molecule has 0 fully saturated rings. The molecule has 0 aliphatic heterocycles. The van der Waals surface area contributed by atoms with Gasteiger partial charge in [0.25, 0.3) is 5.91 Å². The van der Waals surface area contributed by atoms with Crippen molar-refractivity contribution < 1.29 is 4.79 Å². The van der Waals surface area contributed by atoms with Crippen molar-refractivity contribution in [1.29, 1.82) is 5.26 Å². The number of amides is 1. The van der Waals surface area contributed by atoms with Crippen molar-refractivity contribution in [2.24, 2.45) is 5.11 Å². The minimum atomic E-state index is -0.630. The summed E-state index contributed by atoms with van der Waals surface area (Å²) in [4.78, 5) is 16.3. The number of hydrogen-bond acceptors (Lipinski definition) is 3. The SMILES string of the molecule is N#CN(C(=O)c1ccccc1)[C@@H](CN=[N+]=[N-])c1ccccc1. The zero-order chi connectivity index (χ0) is 15.8. The molecule has 2 aromatic carbocycles. The van der Waals surface area contributed by atoms with Crippen LogP contribution < -0.4 is 0 Å². The Morgan fingerprint density at radius 2 is 1.77 bits per heavy atom. The fraction of sp³-hybridized carbons (Fsp3) is 0.125. The van der Waals surface area contributed by atoms with Gasteiger partial charge >= 0.3 is 0 Å². The normalized spacial score (nSPS) is 10.9. The highest BCUT2D eigenvalue weighted by molar-refractivity contribution is 5.95. The number of hydrogen-bond donors (Lipinski definition) is 0. The number of benzene rings is 2. The van der Waals surface area contributed by atoms with E-state index in [0.29, 0.717) is 5.56 Å². The second-order valence-corrected chi connectivity index (χ2v) is 4.48. The van der Waals surface area contributed by atoms with Crippen LogP contribution in [0, 0.1) is 11.5 Å². The number of rotatable bonds is 5. The quantitative estimate of drug-likeness (QED) is 0.276. The Hall–Kier alpha value is -3.29. The highest BCUT2D eigenvalue weighted by atomic mass is 16.2. The van der Waals surface area contributed by atoms with E-state index in [1.54, 1.807) is 54.6 Å². The van der Waals surface area contributed by atoms with Gasteiger partial charge in [-0.25, -0.2) is 4.90 Å². The predicted molar refractivity (Wildman–Crippen MR) is 81.4 cm³/mol. The summed E-state index contributed by atoms with van der Waals surface area (Å²) in [6.45, 7) is -0.00729. The first kappa shape index (κ1) is 15.1. The van der Waals surface area contributed by atoms with Gasteiger partial charge in [0, 0.05) is 10.5 Å². The molecule has 0 saturated heterocycles. The minimum Gasteiger partial charge on any atom is -0.268 e. The largest absolute Gasteiger partial charge is 0.268 e. The van der Waals surface area contributed by atoms with Crippen LogP contribution in [-0.2, 0) is 0 Å². The van der Waals surface area contributed by atoms with Gasteiger partial charge < -0.3 is 0 Å². The zero-order valence-corrected chi connectivity index (χ0v) is 11.7. The van der Waals surface area contributed by atoms with Gasteiger partial charge in [0.15, 0.2) is 6.19 Å². The van der Waals surface area contributed by atoms with E-state index in [9.17, 15) is 10.1 Å². The Kier molecular flexibility index (Phi) is 5.14. The van der Waals surface area contributed by atoms with Crippen molar-refractivity contribution in [3.63, 3.8) is 0 Å². The van der Waals surface area contributed by atoms with Crippen molar-refractivity contribution in [3.8, 4) is 6.19 Å². The summed E-state index contributed by atoms with van der Waals surface area (Å²) in [5.74, 6) is -0.426. The molecule has 0 aliphatic rings. The summed E-state index contributed by atoms with van der Waals surface area (Å²) in [5.41, 5.74) is 9.69. The Bertz CT molecular complexity index is 717. The molecule has 0 aliphatic carbocycles. The average Bonchev–Trinajstić information content (AvgIpc) is 2.59. The fourth-order valence-electron chi connectivity index (χ4n) is 2.10. The van der Waals surface area contributed by atoms with Crippen molar-refractivity contribution in [1.82, 2.24) is 4.90 Å². The molecule has 0 bridgehead atoms. The van der Waals surface area contributed by atoms with Crippen LogP contribution in [-0.4, -0.2) is 17.4 Å². The number of carbonyl (C=O) groups excluding carboxylic acids is 1. The lowest BCUT2D eigenvalue weighted by Gasteiger charge is -2.24. The fourth-order valence-corrected chi connectivity index (χ4v) is 2.10. The van der Waals surface area contributed by atoms with Crippen LogP contribution in [0.15, 0.2) is 65.8 Å². The van der Waals surface area contributed by atoms with Crippen molar-refractivity contribution >= 4 is 5.91 Å². The summed E-state index contributed by atoms with van der Waals surface area (Å²) in [6.07, 6.45) is 1.91. The van der Waals surface area contributed by atoms with Gasteiger partial charge in [0.05, 0.1) is 12.6 Å². The second-order valence-electron chi connectivity index (χ2n) is 4.48. The summed E-state index contributed by atoms with van der Waals surface area (Å²) in [7, 11) is 0. The number of nitrogens with zero attached hydrogens (tertiary/aromatic N) is 5. The van der Waals surface area contributed by atoms with Crippen LogP contribution in [0.4, 0.5) is 0 Å². The van der Waals surface area contributed by atoms with Gasteiger partial charge in [-0.1, -0.05) is 53.6 Å². The monoisotopic (exact) mass is 291 g/mol. The van der Waals surface area contributed by atoms with Crippen LogP contribution in [0.3, 0.4) is 0 Å². The van der Waals surface area contributed by atoms with E-state index in [1.165, 1.54) is 0 Å². The number of carbonyl (C=O) groups is 1. The Morgan fingerprint density at radius 3 is 2.32 bits per heavy atom. The molecule has 0 N–H and O–H groups in total. The van der Waals surface area contributed by atoms with Crippen molar-refractivity contribution in [3.05, 3.63) is 82.2 Å². The Balaban J connectivity index is 2.38. The Labute approximate surface area is 127 Å². The highest BCUT2D eigenvalue weighted by Crippen LogP contribution is 2.22. The van der Waals surface area contributed by atoms with Crippen LogP contribution in [0.25, 0.3) is 10.4 Å². The summed E-state index contributed by atoms with van der Waals surface area (Å²) >= 11 is 0. The molecule has 2 rings (SSSR count). The first-order valence-electron chi connectivity index (χ1n) is 6.62. The maximum atomic E-state index is 12.5. The van der Waals surface area contributed by atoms with Gasteiger partial charge in [-0.3, -0.25) is 4.79 Å². The molecule has 1 amide bonds. The molecule has 0 radical (unpaired) electrons. The smallest absolute Gasteiger partial charge is 0.267 e. The maximum absolute atomic E-state index is 12.5. The van der Waals surface area contributed by atoms with Gasteiger partial charge in [0.2, 0.25) is 0 Å². The van der Waals surface area contributed by atoms with E-state index in [4.69, 9.17) is 5.53 Å². The van der Waals surface area contributed by atoms with E-state index >= 15 is 0 Å². The molecule has 0 heterocycles. The van der Waals surface area contributed by atoms with Gasteiger partial charge in [-0.15, -0.1) is 0 Å². The van der Waals surface area contributed by atoms with E-state index in [1.807, 2.05) is 12.3 Å². The molecule has 0 saturated carbocycles. The van der Waals surface area contributed by atoms with Gasteiger partial charge in [-0.2, -0.15) is 5.26 Å². The molecule has 0 aromatic heterocycles. The van der Waals surface area contributed by atoms with Crippen LogP contribution in [0.1, 0.15) is 22.0 Å².